The van der Waals surface area contributed by atoms with Crippen LogP contribution in [-0.2, 0) is 19.5 Å². The lowest BCUT2D eigenvalue weighted by atomic mass is 9.96. The summed E-state index contributed by atoms with van der Waals surface area (Å²) < 4.78 is 0. The van der Waals surface area contributed by atoms with Crippen molar-refractivity contribution in [3.05, 3.63) is 61.4 Å². The lowest BCUT2D eigenvalue weighted by Crippen LogP contribution is -2.41. The van der Waals surface area contributed by atoms with Crippen molar-refractivity contribution in [2.24, 2.45) is 5.73 Å². The second-order valence-corrected chi connectivity index (χ2v) is 4.70. The first kappa shape index (κ1) is 13.8. The maximum absolute atomic E-state index is 11.4. The van der Waals surface area contributed by atoms with Crippen molar-refractivity contribution in [2.45, 2.75) is 19.5 Å². The monoisotopic (exact) mass is 278 g/mol. The molecule has 19 heavy (non-hydrogen) atoms. The van der Waals surface area contributed by atoms with E-state index >= 15 is 0 Å². The minimum Gasteiger partial charge on any atom is -0.363 e. The molecule has 1 aliphatic heterocycles. The Labute approximate surface area is 116 Å². The first-order valence-corrected chi connectivity index (χ1v) is 6.05. The Morgan fingerprint density at radius 3 is 2.58 bits per heavy atom. The summed E-state index contributed by atoms with van der Waals surface area (Å²) in [6.07, 6.45) is 0.902. The van der Waals surface area contributed by atoms with E-state index in [4.69, 9.17) is 5.73 Å². The summed E-state index contributed by atoms with van der Waals surface area (Å²) in [4.78, 5) is 24.4. The number of fused-ring (bicyclic) bond motifs is 1. The van der Waals surface area contributed by atoms with Crippen molar-refractivity contribution in [2.75, 3.05) is 11.4 Å². The second kappa shape index (κ2) is 5.15. The van der Waals surface area contributed by atoms with Gasteiger partial charge in [0.2, 0.25) is 10.9 Å². The molecule has 0 spiro atoms. The van der Waals surface area contributed by atoms with Gasteiger partial charge in [0.15, 0.2) is 0 Å². The summed E-state index contributed by atoms with van der Waals surface area (Å²) in [5.74, 6) is 0. The van der Waals surface area contributed by atoms with Gasteiger partial charge in [-0.2, -0.15) is 0 Å². The van der Waals surface area contributed by atoms with Crippen LogP contribution in [0.5, 0.6) is 0 Å². The SMILES string of the molecule is Cl.NCc1ccc2c(c1)CN(c1cc(=O)c1=O)CC2. The predicted octanol–water partition coefficient (Wildman–Crippen LogP) is 0.726. The summed E-state index contributed by atoms with van der Waals surface area (Å²) >= 11 is 0. The number of nitrogens with two attached hydrogens (primary N) is 1. The molecule has 1 heterocycles. The molecule has 4 nitrogen and oxygen atoms in total. The smallest absolute Gasteiger partial charge is 0.249 e. The van der Waals surface area contributed by atoms with Gasteiger partial charge in [-0.15, -0.1) is 12.4 Å². The van der Waals surface area contributed by atoms with Gasteiger partial charge in [-0.25, -0.2) is 0 Å². The molecular formula is C14H15ClN2O2. The first-order valence-electron chi connectivity index (χ1n) is 6.05. The summed E-state index contributed by atoms with van der Waals surface area (Å²) in [6, 6.07) is 7.68. The van der Waals surface area contributed by atoms with Crippen molar-refractivity contribution < 1.29 is 0 Å². The van der Waals surface area contributed by atoms with Crippen LogP contribution in [0.2, 0.25) is 0 Å². The molecule has 0 atom stereocenters. The number of rotatable bonds is 2. The first-order chi connectivity index (χ1) is 8.69. The molecule has 0 saturated heterocycles. The number of halogens is 1. The minimum atomic E-state index is -0.383. The molecule has 2 aromatic rings. The molecule has 3 rings (SSSR count). The van der Waals surface area contributed by atoms with Crippen molar-refractivity contribution in [3.63, 3.8) is 0 Å². The summed E-state index contributed by atoms with van der Waals surface area (Å²) in [6.45, 7) is 2.00. The number of hydrogen-bond donors (Lipinski definition) is 1. The van der Waals surface area contributed by atoms with Crippen LogP contribution in [0, 0.1) is 0 Å². The van der Waals surface area contributed by atoms with Crippen LogP contribution >= 0.6 is 12.4 Å². The van der Waals surface area contributed by atoms with E-state index in [9.17, 15) is 9.59 Å². The molecule has 0 radical (unpaired) electrons. The van der Waals surface area contributed by atoms with Gasteiger partial charge in [0.05, 0.1) is 5.69 Å². The van der Waals surface area contributed by atoms with E-state index in [1.807, 2.05) is 11.0 Å². The number of benzene rings is 1. The maximum atomic E-state index is 11.4. The van der Waals surface area contributed by atoms with E-state index in [0.29, 0.717) is 18.8 Å². The summed E-state index contributed by atoms with van der Waals surface area (Å²) in [5, 5.41) is 0. The maximum Gasteiger partial charge on any atom is 0.249 e. The van der Waals surface area contributed by atoms with Crippen LogP contribution in [-0.4, -0.2) is 6.54 Å². The van der Waals surface area contributed by atoms with E-state index in [2.05, 4.69) is 12.1 Å². The molecular weight excluding hydrogens is 264 g/mol. The molecule has 100 valence electrons. The molecule has 0 fully saturated rings. The molecule has 2 aromatic carbocycles. The van der Waals surface area contributed by atoms with Crippen LogP contribution < -0.4 is 21.5 Å². The zero-order valence-corrected chi connectivity index (χ0v) is 11.2. The third-order valence-electron chi connectivity index (χ3n) is 3.58. The zero-order chi connectivity index (χ0) is 12.7. The largest absolute Gasteiger partial charge is 0.363 e. The highest BCUT2D eigenvalue weighted by Crippen LogP contribution is 2.23. The molecule has 0 bridgehead atoms. The Morgan fingerprint density at radius 1 is 1.16 bits per heavy atom. The van der Waals surface area contributed by atoms with Gasteiger partial charge in [0, 0.05) is 25.7 Å². The van der Waals surface area contributed by atoms with Gasteiger partial charge in [0.1, 0.15) is 0 Å². The average molecular weight is 279 g/mol. The summed E-state index contributed by atoms with van der Waals surface area (Å²) in [5.41, 5.74) is 9.07. The topological polar surface area (TPSA) is 63.4 Å². The van der Waals surface area contributed by atoms with Crippen LogP contribution in [0.1, 0.15) is 16.7 Å². The Bertz CT molecular complexity index is 674. The fraction of sp³-hybridized carbons (Fsp3) is 0.286. The van der Waals surface area contributed by atoms with Crippen molar-refractivity contribution in [1.29, 1.82) is 0 Å². The third kappa shape index (κ3) is 2.29. The molecule has 0 aromatic heterocycles. The summed E-state index contributed by atoms with van der Waals surface area (Å²) in [7, 11) is 0. The van der Waals surface area contributed by atoms with Crippen LogP contribution in [0.25, 0.3) is 0 Å². The predicted molar refractivity (Wildman–Crippen MR) is 77.7 cm³/mol. The van der Waals surface area contributed by atoms with Gasteiger partial charge in [-0.3, -0.25) is 9.59 Å². The molecule has 2 N–H and O–H groups in total. The van der Waals surface area contributed by atoms with E-state index in [1.165, 1.54) is 17.2 Å². The molecule has 0 unspecified atom stereocenters. The van der Waals surface area contributed by atoms with Crippen molar-refractivity contribution in [3.8, 4) is 0 Å². The highest BCUT2D eigenvalue weighted by Gasteiger charge is 2.22. The van der Waals surface area contributed by atoms with Crippen LogP contribution in [0.3, 0.4) is 0 Å². The quantitative estimate of drug-likeness (QED) is 0.823. The number of hydrogen-bond acceptors (Lipinski definition) is 4. The fourth-order valence-electron chi connectivity index (χ4n) is 2.48. The van der Waals surface area contributed by atoms with Gasteiger partial charge in [0.25, 0.3) is 0 Å². The van der Waals surface area contributed by atoms with Gasteiger partial charge in [-0.1, -0.05) is 18.2 Å². The molecule has 0 aliphatic carbocycles. The van der Waals surface area contributed by atoms with Gasteiger partial charge < -0.3 is 10.6 Å². The fourth-order valence-corrected chi connectivity index (χ4v) is 2.48. The van der Waals surface area contributed by atoms with Gasteiger partial charge >= 0.3 is 0 Å². The average Bonchev–Trinajstić information content (AvgIpc) is 2.43. The number of anilines is 1. The van der Waals surface area contributed by atoms with Crippen LogP contribution in [0.4, 0.5) is 5.69 Å². The molecule has 0 amide bonds. The lowest BCUT2D eigenvalue weighted by Gasteiger charge is -2.31. The normalized spacial score (nSPS) is 14.1. The molecule has 1 aliphatic rings. The number of nitrogens with zero attached hydrogens (tertiary/aromatic N) is 1. The Balaban J connectivity index is 0.00000133. The Morgan fingerprint density at radius 2 is 1.95 bits per heavy atom. The van der Waals surface area contributed by atoms with Crippen LogP contribution in [0.15, 0.2) is 33.9 Å². The van der Waals surface area contributed by atoms with E-state index in [1.54, 1.807) is 0 Å². The Kier molecular flexibility index (Phi) is 3.73. The lowest BCUT2D eigenvalue weighted by molar-refractivity contribution is 0.724. The Hall–Kier alpha value is -1.65. The van der Waals surface area contributed by atoms with E-state index < -0.39 is 0 Å². The molecule has 0 saturated carbocycles. The zero-order valence-electron chi connectivity index (χ0n) is 10.4. The van der Waals surface area contributed by atoms with E-state index in [-0.39, 0.29) is 23.3 Å². The molecule has 5 heteroatoms. The van der Waals surface area contributed by atoms with Gasteiger partial charge in [-0.05, 0) is 23.1 Å². The second-order valence-electron chi connectivity index (χ2n) is 4.70. The van der Waals surface area contributed by atoms with E-state index in [0.717, 1.165) is 18.5 Å². The highest BCUT2D eigenvalue weighted by atomic mass is 35.5. The minimum absolute atomic E-state index is 0. The van der Waals surface area contributed by atoms with Crippen molar-refractivity contribution in [1.82, 2.24) is 0 Å². The standard InChI is InChI=1S/C14H14N2O2.ClH/c15-7-9-1-2-10-3-4-16(8-11(10)5-9)12-6-13(17)14(12)18;/h1-2,5-6H,3-4,7-8,15H2;1H. The third-order valence-corrected chi connectivity index (χ3v) is 3.58. The van der Waals surface area contributed by atoms with Crippen molar-refractivity contribution >= 4 is 18.1 Å². The highest BCUT2D eigenvalue weighted by molar-refractivity contribution is 5.85.